The molecule has 1 saturated heterocycles. The van der Waals surface area contributed by atoms with Gasteiger partial charge >= 0.3 is 0 Å². The highest BCUT2D eigenvalue weighted by Crippen LogP contribution is 2.37. The molecule has 0 bridgehead atoms. The number of aryl methyl sites for hydroxylation is 1. The Morgan fingerprint density at radius 3 is 2.79 bits per heavy atom. The Kier molecular flexibility index (Phi) is 10.8. The van der Waals surface area contributed by atoms with Crippen molar-refractivity contribution < 1.29 is 9.72 Å². The number of benzene rings is 2. The van der Waals surface area contributed by atoms with E-state index in [0.717, 1.165) is 57.3 Å². The molecule has 6 nitrogen and oxygen atoms in total. The van der Waals surface area contributed by atoms with Gasteiger partial charge in [-0.2, -0.15) is 0 Å². The molecular formula is C25H33Cl2N3O3. The van der Waals surface area contributed by atoms with Gasteiger partial charge in [0.1, 0.15) is 6.29 Å². The summed E-state index contributed by atoms with van der Waals surface area (Å²) >= 11 is 0. The average Bonchev–Trinajstić information content (AvgIpc) is 3.03. The number of aldehydes is 1. The number of nitrogens with zero attached hydrogens (tertiary/aromatic N) is 2. The van der Waals surface area contributed by atoms with E-state index in [0.29, 0.717) is 24.8 Å². The third kappa shape index (κ3) is 7.00. The smallest absolute Gasteiger partial charge is 0.269 e. The lowest BCUT2D eigenvalue weighted by Crippen LogP contribution is -2.39. The fourth-order valence-corrected chi connectivity index (χ4v) is 5.16. The molecule has 2 aliphatic rings. The van der Waals surface area contributed by atoms with Crippen molar-refractivity contribution in [2.45, 2.75) is 51.1 Å². The van der Waals surface area contributed by atoms with Crippen LogP contribution in [0.1, 0.15) is 53.9 Å². The molecule has 1 fully saturated rings. The molecular weight excluding hydrogens is 461 g/mol. The first-order valence-electron chi connectivity index (χ1n) is 11.4. The summed E-state index contributed by atoms with van der Waals surface area (Å²) in [6, 6.07) is 13.9. The van der Waals surface area contributed by atoms with Crippen molar-refractivity contribution in [2.24, 2.45) is 5.92 Å². The van der Waals surface area contributed by atoms with Gasteiger partial charge in [-0.3, -0.25) is 15.0 Å². The molecule has 180 valence electrons. The predicted octanol–water partition coefficient (Wildman–Crippen LogP) is 5.06. The summed E-state index contributed by atoms with van der Waals surface area (Å²) in [6.45, 7) is 4.57. The standard InChI is InChI=1S/C25H31N3O3.2ClH/c29-13-3-6-21-10-12-27(17-19-4-1-7-24(14-19)28(30)31)18-25(21)22-9-8-20-5-2-11-26-16-23(20)15-22;;/h1,4,7-9,13-15,21,25-26H,2-3,5-6,10-12,16-18H2;2*1H. The molecule has 33 heavy (non-hydrogen) atoms. The van der Waals surface area contributed by atoms with E-state index in [2.05, 4.69) is 28.4 Å². The number of hydrogen-bond donors (Lipinski definition) is 1. The number of halogens is 2. The van der Waals surface area contributed by atoms with Crippen LogP contribution in [-0.2, 0) is 24.3 Å². The van der Waals surface area contributed by atoms with Crippen molar-refractivity contribution in [1.29, 1.82) is 0 Å². The predicted molar refractivity (Wildman–Crippen MR) is 135 cm³/mol. The van der Waals surface area contributed by atoms with Crippen LogP contribution < -0.4 is 5.32 Å². The highest BCUT2D eigenvalue weighted by atomic mass is 35.5. The Hall–Kier alpha value is -1.99. The number of carbonyl (C=O) groups is 1. The first-order chi connectivity index (χ1) is 15.1. The molecule has 0 spiro atoms. The van der Waals surface area contributed by atoms with Crippen molar-refractivity contribution in [3.05, 3.63) is 74.8 Å². The second-order valence-electron chi connectivity index (χ2n) is 8.87. The number of rotatable bonds is 7. The zero-order chi connectivity index (χ0) is 21.6. The van der Waals surface area contributed by atoms with Gasteiger partial charge in [0.2, 0.25) is 0 Å². The number of carbonyl (C=O) groups excluding carboxylic acids is 1. The minimum Gasteiger partial charge on any atom is -0.313 e. The molecule has 0 aromatic heterocycles. The van der Waals surface area contributed by atoms with Gasteiger partial charge in [0.25, 0.3) is 5.69 Å². The third-order valence-corrected chi connectivity index (χ3v) is 6.80. The maximum atomic E-state index is 11.1. The van der Waals surface area contributed by atoms with E-state index in [1.165, 1.54) is 23.1 Å². The van der Waals surface area contributed by atoms with E-state index in [-0.39, 0.29) is 35.4 Å². The van der Waals surface area contributed by atoms with Gasteiger partial charge in [0.15, 0.2) is 0 Å². The van der Waals surface area contributed by atoms with E-state index < -0.39 is 0 Å². The summed E-state index contributed by atoms with van der Waals surface area (Å²) in [7, 11) is 0. The van der Waals surface area contributed by atoms with Crippen LogP contribution >= 0.6 is 24.8 Å². The summed E-state index contributed by atoms with van der Waals surface area (Å²) in [6.07, 6.45) is 5.92. The SMILES string of the molecule is Cl.Cl.O=CCCC1CCN(Cc2cccc([N+](=O)[O-])c2)CC1c1ccc2c(c1)CNCCC2. The summed E-state index contributed by atoms with van der Waals surface area (Å²) in [5, 5.41) is 14.6. The summed E-state index contributed by atoms with van der Waals surface area (Å²) in [4.78, 5) is 24.2. The van der Waals surface area contributed by atoms with Crippen molar-refractivity contribution in [3.8, 4) is 0 Å². The molecule has 2 aromatic rings. The Bertz CT molecular complexity index is 941. The zero-order valence-corrected chi connectivity index (χ0v) is 20.4. The molecule has 0 amide bonds. The van der Waals surface area contributed by atoms with Crippen LogP contribution in [0.25, 0.3) is 0 Å². The van der Waals surface area contributed by atoms with E-state index in [9.17, 15) is 14.9 Å². The maximum absolute atomic E-state index is 11.1. The van der Waals surface area contributed by atoms with Crippen LogP contribution in [-0.4, -0.2) is 35.7 Å². The van der Waals surface area contributed by atoms with E-state index in [1.54, 1.807) is 18.2 Å². The fraction of sp³-hybridized carbons (Fsp3) is 0.480. The molecule has 2 aliphatic heterocycles. The molecule has 2 unspecified atom stereocenters. The molecule has 0 radical (unpaired) electrons. The molecule has 2 heterocycles. The number of non-ortho nitro benzene ring substituents is 1. The number of piperidine rings is 1. The summed E-state index contributed by atoms with van der Waals surface area (Å²) < 4.78 is 0. The lowest BCUT2D eigenvalue weighted by atomic mass is 9.77. The minimum absolute atomic E-state index is 0. The molecule has 0 aliphatic carbocycles. The first kappa shape index (κ1) is 27.3. The van der Waals surface area contributed by atoms with Gasteiger partial charge in [0.05, 0.1) is 4.92 Å². The number of nitro benzene ring substituents is 1. The number of likely N-dealkylation sites (tertiary alicyclic amines) is 1. The number of fused-ring (bicyclic) bond motifs is 1. The fourth-order valence-electron chi connectivity index (χ4n) is 5.16. The van der Waals surface area contributed by atoms with Crippen LogP contribution in [0.4, 0.5) is 5.69 Å². The highest BCUT2D eigenvalue weighted by molar-refractivity contribution is 5.85. The van der Waals surface area contributed by atoms with Crippen molar-refractivity contribution in [3.63, 3.8) is 0 Å². The lowest BCUT2D eigenvalue weighted by Gasteiger charge is -2.39. The Morgan fingerprint density at radius 1 is 1.15 bits per heavy atom. The highest BCUT2D eigenvalue weighted by Gasteiger charge is 2.30. The average molecular weight is 494 g/mol. The first-order valence-corrected chi connectivity index (χ1v) is 11.4. The number of nitrogens with one attached hydrogen (secondary N) is 1. The summed E-state index contributed by atoms with van der Waals surface area (Å²) in [5.74, 6) is 0.865. The zero-order valence-electron chi connectivity index (χ0n) is 18.8. The Morgan fingerprint density at radius 2 is 2.00 bits per heavy atom. The largest absolute Gasteiger partial charge is 0.313 e. The van der Waals surface area contributed by atoms with Crippen molar-refractivity contribution >= 4 is 36.8 Å². The van der Waals surface area contributed by atoms with Crippen LogP contribution in [0.2, 0.25) is 0 Å². The molecule has 8 heteroatoms. The van der Waals surface area contributed by atoms with Gasteiger partial charge in [-0.25, -0.2) is 0 Å². The number of hydrogen-bond acceptors (Lipinski definition) is 5. The van der Waals surface area contributed by atoms with E-state index in [4.69, 9.17) is 0 Å². The monoisotopic (exact) mass is 493 g/mol. The van der Waals surface area contributed by atoms with Crippen molar-refractivity contribution in [1.82, 2.24) is 10.2 Å². The number of nitro groups is 1. The maximum Gasteiger partial charge on any atom is 0.269 e. The van der Waals surface area contributed by atoms with Crippen LogP contribution in [0.5, 0.6) is 0 Å². The molecule has 1 N–H and O–H groups in total. The van der Waals surface area contributed by atoms with Gasteiger partial charge in [0, 0.05) is 38.2 Å². The molecule has 0 saturated carbocycles. The Labute approximate surface area is 208 Å². The van der Waals surface area contributed by atoms with Gasteiger partial charge in [-0.1, -0.05) is 30.3 Å². The second-order valence-corrected chi connectivity index (χ2v) is 8.87. The lowest BCUT2D eigenvalue weighted by molar-refractivity contribution is -0.384. The summed E-state index contributed by atoms with van der Waals surface area (Å²) in [5.41, 5.74) is 5.34. The topological polar surface area (TPSA) is 75.5 Å². The third-order valence-electron chi connectivity index (χ3n) is 6.80. The van der Waals surface area contributed by atoms with Gasteiger partial charge < -0.3 is 10.1 Å². The second kappa shape index (κ2) is 13.0. The minimum atomic E-state index is -0.332. The molecule has 4 rings (SSSR count). The Balaban J connectivity index is 0.00000193. The van der Waals surface area contributed by atoms with Crippen LogP contribution in [0.3, 0.4) is 0 Å². The van der Waals surface area contributed by atoms with E-state index >= 15 is 0 Å². The van der Waals surface area contributed by atoms with Gasteiger partial charge in [-0.15, -0.1) is 24.8 Å². The normalized spacial score (nSPS) is 20.5. The quantitative estimate of drug-likeness (QED) is 0.331. The van der Waals surface area contributed by atoms with E-state index in [1.807, 2.05) is 6.07 Å². The van der Waals surface area contributed by atoms with Crippen molar-refractivity contribution in [2.75, 3.05) is 19.6 Å². The van der Waals surface area contributed by atoms with Crippen LogP contribution in [0, 0.1) is 16.0 Å². The molecule has 2 aromatic carbocycles. The van der Waals surface area contributed by atoms with Crippen LogP contribution in [0.15, 0.2) is 42.5 Å². The van der Waals surface area contributed by atoms with Gasteiger partial charge in [-0.05, 0) is 72.9 Å². The molecule has 2 atom stereocenters.